The zero-order chi connectivity index (χ0) is 11.3. The number of hydrogen-bond acceptors (Lipinski definition) is 2. The normalized spacial score (nSPS) is 19.1. The summed E-state index contributed by atoms with van der Waals surface area (Å²) in [5.41, 5.74) is 0. The van der Waals surface area contributed by atoms with Crippen LogP contribution in [-0.2, 0) is 4.79 Å². The Balaban J connectivity index is 2.26. The lowest BCUT2D eigenvalue weighted by Crippen LogP contribution is -2.39. The van der Waals surface area contributed by atoms with Crippen molar-refractivity contribution in [2.75, 3.05) is 33.2 Å². The minimum atomic E-state index is 0.271. The minimum Gasteiger partial charge on any atom is -0.345 e. The summed E-state index contributed by atoms with van der Waals surface area (Å²) in [5.74, 6) is 0.987. The predicted octanol–water partition coefficient (Wildman–Crippen LogP) is 1.59. The highest BCUT2D eigenvalue weighted by atomic mass is 16.2. The van der Waals surface area contributed by atoms with Gasteiger partial charge in [0.25, 0.3) is 0 Å². The third-order valence-electron chi connectivity index (χ3n) is 3.41. The van der Waals surface area contributed by atoms with Crippen LogP contribution in [0.1, 0.15) is 33.1 Å². The lowest BCUT2D eigenvalue weighted by Gasteiger charge is -2.33. The average Bonchev–Trinajstić information content (AvgIpc) is 2.29. The number of nitrogens with zero attached hydrogens (tertiary/aromatic N) is 2. The summed E-state index contributed by atoms with van der Waals surface area (Å²) >= 11 is 0. The van der Waals surface area contributed by atoms with Gasteiger partial charge in [-0.2, -0.15) is 0 Å². The molecule has 0 radical (unpaired) electrons. The van der Waals surface area contributed by atoms with Gasteiger partial charge < -0.3 is 9.80 Å². The number of carbonyl (C=O) groups excluding carboxylic acids is 1. The predicted molar refractivity (Wildman–Crippen MR) is 62.8 cm³/mol. The van der Waals surface area contributed by atoms with Crippen molar-refractivity contribution >= 4 is 5.91 Å². The first-order valence-electron chi connectivity index (χ1n) is 6.13. The van der Waals surface area contributed by atoms with E-state index in [0.29, 0.717) is 12.3 Å². The number of amides is 1. The fourth-order valence-electron chi connectivity index (χ4n) is 2.24. The van der Waals surface area contributed by atoms with E-state index in [2.05, 4.69) is 11.8 Å². The second-order valence-corrected chi connectivity index (χ2v) is 4.51. The number of hydrogen-bond donors (Lipinski definition) is 0. The monoisotopic (exact) mass is 212 g/mol. The van der Waals surface area contributed by atoms with Crippen LogP contribution in [0.15, 0.2) is 0 Å². The van der Waals surface area contributed by atoms with Crippen LogP contribution in [-0.4, -0.2) is 48.9 Å². The summed E-state index contributed by atoms with van der Waals surface area (Å²) in [7, 11) is 1.93. The summed E-state index contributed by atoms with van der Waals surface area (Å²) in [4.78, 5) is 15.8. The third-order valence-corrected chi connectivity index (χ3v) is 3.41. The van der Waals surface area contributed by atoms with Crippen LogP contribution in [0.3, 0.4) is 0 Å². The molecule has 88 valence electrons. The Labute approximate surface area is 93.4 Å². The number of likely N-dealkylation sites (tertiary alicyclic amines) is 1. The van der Waals surface area contributed by atoms with Gasteiger partial charge in [0.15, 0.2) is 0 Å². The van der Waals surface area contributed by atoms with E-state index in [0.717, 1.165) is 13.1 Å². The number of rotatable bonds is 4. The highest BCUT2D eigenvalue weighted by Crippen LogP contribution is 2.17. The fraction of sp³-hybridized carbons (Fsp3) is 0.917. The molecule has 15 heavy (non-hydrogen) atoms. The molecule has 0 aromatic rings. The van der Waals surface area contributed by atoms with E-state index in [9.17, 15) is 4.79 Å². The molecular weight excluding hydrogens is 188 g/mol. The van der Waals surface area contributed by atoms with E-state index in [1.807, 2.05) is 18.9 Å². The van der Waals surface area contributed by atoms with Crippen molar-refractivity contribution in [3.05, 3.63) is 0 Å². The average molecular weight is 212 g/mol. The summed E-state index contributed by atoms with van der Waals surface area (Å²) < 4.78 is 0. The maximum Gasteiger partial charge on any atom is 0.222 e. The van der Waals surface area contributed by atoms with Crippen molar-refractivity contribution in [2.24, 2.45) is 5.92 Å². The van der Waals surface area contributed by atoms with Gasteiger partial charge in [0.05, 0.1) is 0 Å². The highest BCUT2D eigenvalue weighted by molar-refractivity contribution is 5.75. The number of piperidine rings is 1. The van der Waals surface area contributed by atoms with Crippen LogP contribution in [0.25, 0.3) is 0 Å². The van der Waals surface area contributed by atoms with Crippen LogP contribution in [0.4, 0.5) is 0 Å². The van der Waals surface area contributed by atoms with Gasteiger partial charge in [-0.05, 0) is 38.4 Å². The Morgan fingerprint density at radius 1 is 1.33 bits per heavy atom. The van der Waals surface area contributed by atoms with Crippen molar-refractivity contribution in [2.45, 2.75) is 33.1 Å². The first-order chi connectivity index (χ1) is 7.17. The van der Waals surface area contributed by atoms with Gasteiger partial charge in [-0.3, -0.25) is 4.79 Å². The molecule has 1 saturated heterocycles. The van der Waals surface area contributed by atoms with Gasteiger partial charge in [0, 0.05) is 20.0 Å². The maximum atomic E-state index is 11.4. The molecular formula is C12H24N2O. The Kier molecular flexibility index (Phi) is 5.09. The molecule has 0 unspecified atom stereocenters. The number of carbonyl (C=O) groups is 1. The molecule has 1 amide bonds. The first kappa shape index (κ1) is 12.5. The molecule has 0 N–H and O–H groups in total. The quantitative estimate of drug-likeness (QED) is 0.706. The van der Waals surface area contributed by atoms with Crippen molar-refractivity contribution < 1.29 is 4.79 Å². The van der Waals surface area contributed by atoms with E-state index in [-0.39, 0.29) is 5.91 Å². The van der Waals surface area contributed by atoms with Gasteiger partial charge >= 0.3 is 0 Å². The molecule has 0 aromatic heterocycles. The van der Waals surface area contributed by atoms with Gasteiger partial charge in [-0.1, -0.05) is 13.8 Å². The molecule has 1 heterocycles. The van der Waals surface area contributed by atoms with Crippen LogP contribution >= 0.6 is 0 Å². The largest absolute Gasteiger partial charge is 0.345 e. The van der Waals surface area contributed by atoms with E-state index in [1.165, 1.54) is 25.9 Å². The summed E-state index contributed by atoms with van der Waals surface area (Å²) in [5, 5.41) is 0. The SMILES string of the molecule is CCC(=O)N(C)CC1CCN(CC)CC1. The van der Waals surface area contributed by atoms with Crippen LogP contribution in [0.2, 0.25) is 0 Å². The maximum absolute atomic E-state index is 11.4. The Hall–Kier alpha value is -0.570. The van der Waals surface area contributed by atoms with Crippen LogP contribution < -0.4 is 0 Å². The lowest BCUT2D eigenvalue weighted by molar-refractivity contribution is -0.130. The molecule has 1 aliphatic heterocycles. The Bertz CT molecular complexity index is 198. The van der Waals surface area contributed by atoms with Crippen molar-refractivity contribution in [3.8, 4) is 0 Å². The van der Waals surface area contributed by atoms with Crippen LogP contribution in [0.5, 0.6) is 0 Å². The molecule has 1 fully saturated rings. The second-order valence-electron chi connectivity index (χ2n) is 4.51. The highest BCUT2D eigenvalue weighted by Gasteiger charge is 2.20. The zero-order valence-electron chi connectivity index (χ0n) is 10.3. The second kappa shape index (κ2) is 6.11. The Morgan fingerprint density at radius 3 is 2.40 bits per heavy atom. The topological polar surface area (TPSA) is 23.6 Å². The molecule has 1 rings (SSSR count). The molecule has 3 heteroatoms. The van der Waals surface area contributed by atoms with Gasteiger partial charge in [0.2, 0.25) is 5.91 Å². The van der Waals surface area contributed by atoms with Gasteiger partial charge in [-0.25, -0.2) is 0 Å². The molecule has 0 atom stereocenters. The van der Waals surface area contributed by atoms with E-state index in [4.69, 9.17) is 0 Å². The van der Waals surface area contributed by atoms with E-state index >= 15 is 0 Å². The minimum absolute atomic E-state index is 0.271. The first-order valence-corrected chi connectivity index (χ1v) is 6.13. The third kappa shape index (κ3) is 3.82. The van der Waals surface area contributed by atoms with E-state index in [1.54, 1.807) is 0 Å². The van der Waals surface area contributed by atoms with Crippen molar-refractivity contribution in [3.63, 3.8) is 0 Å². The summed E-state index contributed by atoms with van der Waals surface area (Å²) in [6.45, 7) is 8.66. The smallest absolute Gasteiger partial charge is 0.222 e. The summed E-state index contributed by atoms with van der Waals surface area (Å²) in [6.07, 6.45) is 3.12. The molecule has 0 bridgehead atoms. The molecule has 0 saturated carbocycles. The van der Waals surface area contributed by atoms with Gasteiger partial charge in [0.1, 0.15) is 0 Å². The standard InChI is InChI=1S/C12H24N2O/c1-4-12(15)13(3)10-11-6-8-14(5-2)9-7-11/h11H,4-10H2,1-3H3. The molecule has 0 aliphatic carbocycles. The van der Waals surface area contributed by atoms with E-state index < -0.39 is 0 Å². The fourth-order valence-corrected chi connectivity index (χ4v) is 2.24. The van der Waals surface area contributed by atoms with Crippen LogP contribution in [0, 0.1) is 5.92 Å². The molecule has 1 aliphatic rings. The molecule has 0 aromatic carbocycles. The van der Waals surface area contributed by atoms with Gasteiger partial charge in [-0.15, -0.1) is 0 Å². The lowest BCUT2D eigenvalue weighted by atomic mass is 9.96. The summed E-state index contributed by atoms with van der Waals surface area (Å²) in [6, 6.07) is 0. The zero-order valence-corrected chi connectivity index (χ0v) is 10.3. The molecule has 3 nitrogen and oxygen atoms in total. The van der Waals surface area contributed by atoms with Crippen molar-refractivity contribution in [1.82, 2.24) is 9.80 Å². The molecule has 0 spiro atoms. The van der Waals surface area contributed by atoms with Crippen molar-refractivity contribution in [1.29, 1.82) is 0 Å². The Morgan fingerprint density at radius 2 is 1.93 bits per heavy atom.